The van der Waals surface area contributed by atoms with Crippen LogP contribution in [0.25, 0.3) is 0 Å². The molecular weight excluding hydrogens is 312 g/mol. The third kappa shape index (κ3) is 6.33. The van der Waals surface area contributed by atoms with E-state index in [1.54, 1.807) is 0 Å². The van der Waals surface area contributed by atoms with E-state index >= 15 is 0 Å². The van der Waals surface area contributed by atoms with Crippen LogP contribution in [-0.2, 0) is 16.6 Å². The molecule has 1 heterocycles. The van der Waals surface area contributed by atoms with Gasteiger partial charge in [-0.2, -0.15) is 0 Å². The fourth-order valence-corrected chi connectivity index (χ4v) is 3.57. The quantitative estimate of drug-likeness (QED) is 0.774. The average Bonchev–Trinajstić information content (AvgIpc) is 2.47. The minimum Gasteiger partial charge on any atom is -0.489 e. The summed E-state index contributed by atoms with van der Waals surface area (Å²) in [5.41, 5.74) is 2.15. The standard InChI is InChI=1S/C17H26N2O3S/c1-14(2)13-22-17-7-5-4-6-15(17)12-19-10-8-16(9-11-19)18-23(3,20)21/h4-7,16,18H,1,8-13H2,2-3H3. The molecule has 0 radical (unpaired) electrons. The third-order valence-corrected chi connectivity index (χ3v) is 4.57. The molecule has 1 aliphatic rings. The Kier molecular flexibility index (Phi) is 6.21. The van der Waals surface area contributed by atoms with Crippen molar-refractivity contribution in [2.45, 2.75) is 32.4 Å². The lowest BCUT2D eigenvalue weighted by Gasteiger charge is -2.32. The van der Waals surface area contributed by atoms with E-state index < -0.39 is 10.0 Å². The van der Waals surface area contributed by atoms with Crippen molar-refractivity contribution in [2.75, 3.05) is 26.0 Å². The molecule has 0 spiro atoms. The van der Waals surface area contributed by atoms with Gasteiger partial charge in [-0.05, 0) is 31.4 Å². The highest BCUT2D eigenvalue weighted by molar-refractivity contribution is 7.88. The fraction of sp³-hybridized carbons (Fsp3) is 0.529. The van der Waals surface area contributed by atoms with Crippen LogP contribution in [0.3, 0.4) is 0 Å². The summed E-state index contributed by atoms with van der Waals surface area (Å²) in [6.45, 7) is 8.90. The molecule has 0 bridgehead atoms. The Balaban J connectivity index is 1.90. The molecule has 0 aliphatic carbocycles. The summed E-state index contributed by atoms with van der Waals surface area (Å²) in [4.78, 5) is 2.34. The first-order valence-corrected chi connectivity index (χ1v) is 9.77. The monoisotopic (exact) mass is 338 g/mol. The lowest BCUT2D eigenvalue weighted by atomic mass is 10.1. The van der Waals surface area contributed by atoms with Gasteiger partial charge in [-0.25, -0.2) is 13.1 Å². The maximum absolute atomic E-state index is 11.3. The number of piperidine rings is 1. The topological polar surface area (TPSA) is 58.6 Å². The second-order valence-corrected chi connectivity index (χ2v) is 8.07. The van der Waals surface area contributed by atoms with Crippen molar-refractivity contribution in [3.05, 3.63) is 42.0 Å². The number of ether oxygens (including phenoxy) is 1. The molecule has 1 aliphatic heterocycles. The highest BCUT2D eigenvalue weighted by Gasteiger charge is 2.22. The normalized spacial score (nSPS) is 17.1. The smallest absolute Gasteiger partial charge is 0.208 e. The van der Waals surface area contributed by atoms with Crippen molar-refractivity contribution in [3.63, 3.8) is 0 Å². The summed E-state index contributed by atoms with van der Waals surface area (Å²) >= 11 is 0. The van der Waals surface area contributed by atoms with Crippen LogP contribution in [0.1, 0.15) is 25.3 Å². The van der Waals surface area contributed by atoms with E-state index in [1.807, 2.05) is 25.1 Å². The molecule has 5 nitrogen and oxygen atoms in total. The predicted molar refractivity (Wildman–Crippen MR) is 93.0 cm³/mol. The highest BCUT2D eigenvalue weighted by atomic mass is 32.2. The van der Waals surface area contributed by atoms with Crippen LogP contribution in [0.15, 0.2) is 36.4 Å². The van der Waals surface area contributed by atoms with E-state index in [4.69, 9.17) is 4.74 Å². The van der Waals surface area contributed by atoms with Crippen molar-refractivity contribution in [3.8, 4) is 5.75 Å². The maximum atomic E-state index is 11.3. The van der Waals surface area contributed by atoms with Gasteiger partial charge in [-0.1, -0.05) is 24.8 Å². The van der Waals surface area contributed by atoms with Gasteiger partial charge in [0.15, 0.2) is 0 Å². The SMILES string of the molecule is C=C(C)COc1ccccc1CN1CCC(NS(C)(=O)=O)CC1. The Morgan fingerprint density at radius 3 is 2.61 bits per heavy atom. The molecule has 1 aromatic carbocycles. The first-order chi connectivity index (χ1) is 10.8. The van der Waals surface area contributed by atoms with E-state index in [0.717, 1.165) is 49.4 Å². The first-order valence-electron chi connectivity index (χ1n) is 7.88. The minimum absolute atomic E-state index is 0.0520. The fourth-order valence-electron chi connectivity index (χ4n) is 2.73. The molecule has 0 atom stereocenters. The Hall–Kier alpha value is -1.37. The molecule has 1 saturated heterocycles. The Bertz CT molecular complexity index is 635. The molecule has 0 aromatic heterocycles. The van der Waals surface area contributed by atoms with Gasteiger partial charge in [-0.3, -0.25) is 4.90 Å². The first kappa shape index (κ1) is 18.0. The Morgan fingerprint density at radius 2 is 2.00 bits per heavy atom. The molecule has 0 saturated carbocycles. The van der Waals surface area contributed by atoms with Gasteiger partial charge < -0.3 is 4.74 Å². The number of rotatable bonds is 7. The number of likely N-dealkylation sites (tertiary alicyclic amines) is 1. The van der Waals surface area contributed by atoms with E-state index in [2.05, 4.69) is 22.3 Å². The lowest BCUT2D eigenvalue weighted by Crippen LogP contribution is -2.43. The van der Waals surface area contributed by atoms with Gasteiger partial charge in [0.05, 0.1) is 6.26 Å². The zero-order valence-electron chi connectivity index (χ0n) is 13.9. The lowest BCUT2D eigenvalue weighted by molar-refractivity contribution is 0.197. The molecule has 1 aromatic rings. The van der Waals surface area contributed by atoms with Gasteiger partial charge in [0.25, 0.3) is 0 Å². The number of hydrogen-bond acceptors (Lipinski definition) is 4. The zero-order valence-corrected chi connectivity index (χ0v) is 14.7. The predicted octanol–water partition coefficient (Wildman–Crippen LogP) is 2.16. The van der Waals surface area contributed by atoms with Gasteiger partial charge >= 0.3 is 0 Å². The van der Waals surface area contributed by atoms with Crippen molar-refractivity contribution >= 4 is 10.0 Å². The van der Waals surface area contributed by atoms with Crippen molar-refractivity contribution in [1.82, 2.24) is 9.62 Å². The molecule has 128 valence electrons. The summed E-state index contributed by atoms with van der Waals surface area (Å²) in [5, 5.41) is 0. The highest BCUT2D eigenvalue weighted by Crippen LogP contribution is 2.22. The number of nitrogens with zero attached hydrogens (tertiary/aromatic N) is 1. The molecular formula is C17H26N2O3S. The summed E-state index contributed by atoms with van der Waals surface area (Å²) in [7, 11) is -3.12. The summed E-state index contributed by atoms with van der Waals surface area (Å²) in [6.07, 6.45) is 2.89. The van der Waals surface area contributed by atoms with Crippen molar-refractivity contribution < 1.29 is 13.2 Å². The minimum atomic E-state index is -3.12. The Labute approximate surface area is 139 Å². The van der Waals surface area contributed by atoms with Crippen molar-refractivity contribution in [2.24, 2.45) is 0 Å². The van der Waals surface area contributed by atoms with Crippen LogP contribution < -0.4 is 9.46 Å². The van der Waals surface area contributed by atoms with Crippen LogP contribution in [0.5, 0.6) is 5.75 Å². The number of sulfonamides is 1. The number of nitrogens with one attached hydrogen (secondary N) is 1. The van der Waals surface area contributed by atoms with Gasteiger partial charge in [-0.15, -0.1) is 0 Å². The summed E-state index contributed by atoms with van der Waals surface area (Å²) in [6, 6.07) is 8.10. The van der Waals surface area contributed by atoms with E-state index in [-0.39, 0.29) is 6.04 Å². The second kappa shape index (κ2) is 7.95. The largest absolute Gasteiger partial charge is 0.489 e. The molecule has 6 heteroatoms. The number of hydrogen-bond donors (Lipinski definition) is 1. The zero-order chi connectivity index (χ0) is 16.9. The second-order valence-electron chi connectivity index (χ2n) is 6.29. The molecule has 1 N–H and O–H groups in total. The van der Waals surface area contributed by atoms with Crippen LogP contribution in [0.4, 0.5) is 0 Å². The van der Waals surface area contributed by atoms with Crippen molar-refractivity contribution in [1.29, 1.82) is 0 Å². The molecule has 2 rings (SSSR count). The molecule has 23 heavy (non-hydrogen) atoms. The van der Waals surface area contributed by atoms with E-state index in [0.29, 0.717) is 6.61 Å². The van der Waals surface area contributed by atoms with E-state index in [9.17, 15) is 8.42 Å². The van der Waals surface area contributed by atoms with Gasteiger partial charge in [0, 0.05) is 31.2 Å². The third-order valence-electron chi connectivity index (χ3n) is 3.81. The molecule has 0 unspecified atom stereocenters. The number of benzene rings is 1. The summed E-state index contributed by atoms with van der Waals surface area (Å²) < 4.78 is 31.1. The number of para-hydroxylation sites is 1. The average molecular weight is 338 g/mol. The van der Waals surface area contributed by atoms with Crippen LogP contribution >= 0.6 is 0 Å². The van der Waals surface area contributed by atoms with Gasteiger partial charge in [0.2, 0.25) is 10.0 Å². The van der Waals surface area contributed by atoms with E-state index in [1.165, 1.54) is 6.26 Å². The van der Waals surface area contributed by atoms with Gasteiger partial charge in [0.1, 0.15) is 12.4 Å². The van der Waals surface area contributed by atoms with Crippen LogP contribution in [0.2, 0.25) is 0 Å². The maximum Gasteiger partial charge on any atom is 0.208 e. The molecule has 0 amide bonds. The summed E-state index contributed by atoms with van der Waals surface area (Å²) in [5.74, 6) is 0.895. The van der Waals surface area contributed by atoms with Crippen LogP contribution in [-0.4, -0.2) is 45.3 Å². The van der Waals surface area contributed by atoms with Crippen LogP contribution in [0, 0.1) is 0 Å². The Morgan fingerprint density at radius 1 is 1.35 bits per heavy atom. The molecule has 1 fully saturated rings.